The Morgan fingerprint density at radius 3 is 2.42 bits per heavy atom. The molecule has 0 saturated carbocycles. The van der Waals surface area contributed by atoms with E-state index < -0.39 is 17.5 Å². The molecule has 106 valence electrons. The molecule has 1 amide bonds. The van der Waals surface area contributed by atoms with E-state index in [1.54, 1.807) is 0 Å². The Labute approximate surface area is 115 Å². The Morgan fingerprint density at radius 1 is 1.26 bits per heavy atom. The van der Waals surface area contributed by atoms with Crippen molar-refractivity contribution in [3.05, 3.63) is 29.6 Å². The number of nitrogens with one attached hydrogen (secondary N) is 2. The predicted molar refractivity (Wildman–Crippen MR) is 67.8 cm³/mol. The normalized spacial score (nSPS) is 18.6. The van der Waals surface area contributed by atoms with Crippen LogP contribution < -0.4 is 10.6 Å². The van der Waals surface area contributed by atoms with Gasteiger partial charge in [0.25, 0.3) is 0 Å². The van der Waals surface area contributed by atoms with Crippen LogP contribution in [0.15, 0.2) is 12.1 Å². The van der Waals surface area contributed by atoms with Crippen molar-refractivity contribution in [2.45, 2.75) is 12.8 Å². The zero-order chi connectivity index (χ0) is 13.1. The van der Waals surface area contributed by atoms with Crippen molar-refractivity contribution < 1.29 is 18.0 Å². The molecule has 0 aromatic heterocycles. The van der Waals surface area contributed by atoms with Gasteiger partial charge in [-0.1, -0.05) is 0 Å². The van der Waals surface area contributed by atoms with Crippen LogP contribution in [0.3, 0.4) is 0 Å². The number of halogens is 4. The van der Waals surface area contributed by atoms with E-state index in [0.717, 1.165) is 31.5 Å². The molecular formula is C12H14ClF3N2O. The van der Waals surface area contributed by atoms with Gasteiger partial charge in [-0.05, 0) is 19.4 Å². The molecular weight excluding hydrogens is 281 g/mol. The molecule has 1 aromatic rings. The molecule has 1 aliphatic heterocycles. The van der Waals surface area contributed by atoms with Crippen molar-refractivity contribution in [2.75, 3.05) is 18.4 Å². The smallest absolute Gasteiger partial charge is 0.228 e. The van der Waals surface area contributed by atoms with Crippen molar-refractivity contribution in [1.82, 2.24) is 5.32 Å². The minimum atomic E-state index is -1.53. The number of carbonyl (C=O) groups excluding carboxylic acids is 1. The largest absolute Gasteiger partial charge is 0.326 e. The lowest BCUT2D eigenvalue weighted by Gasteiger charge is -2.21. The first-order valence-electron chi connectivity index (χ1n) is 5.74. The maximum absolute atomic E-state index is 13.0. The second-order valence-corrected chi connectivity index (χ2v) is 4.29. The molecule has 1 aliphatic rings. The number of amides is 1. The van der Waals surface area contributed by atoms with Gasteiger partial charge in [0, 0.05) is 24.4 Å². The molecule has 1 heterocycles. The van der Waals surface area contributed by atoms with Crippen LogP contribution in [0.5, 0.6) is 0 Å². The Balaban J connectivity index is 0.00000180. The number of piperidine rings is 1. The van der Waals surface area contributed by atoms with Crippen LogP contribution in [0.4, 0.5) is 18.9 Å². The average molecular weight is 295 g/mol. The quantitative estimate of drug-likeness (QED) is 0.823. The van der Waals surface area contributed by atoms with Gasteiger partial charge in [0.05, 0.1) is 5.92 Å². The molecule has 1 atom stereocenters. The first-order chi connectivity index (χ1) is 8.58. The van der Waals surface area contributed by atoms with Crippen LogP contribution in [-0.4, -0.2) is 19.0 Å². The van der Waals surface area contributed by atoms with E-state index in [1.165, 1.54) is 0 Å². The lowest BCUT2D eigenvalue weighted by atomic mass is 9.99. The van der Waals surface area contributed by atoms with Crippen LogP contribution >= 0.6 is 12.4 Å². The Morgan fingerprint density at radius 2 is 1.89 bits per heavy atom. The summed E-state index contributed by atoms with van der Waals surface area (Å²) in [5, 5.41) is 5.46. The number of anilines is 1. The fourth-order valence-electron chi connectivity index (χ4n) is 1.95. The minimum absolute atomic E-state index is 0. The molecule has 0 bridgehead atoms. The van der Waals surface area contributed by atoms with Crippen molar-refractivity contribution in [1.29, 1.82) is 0 Å². The standard InChI is InChI=1S/C12H13F3N2O.ClH/c13-9-4-8(5-10(14)11(9)15)17-12(18)7-2-1-3-16-6-7;/h4-5,7,16H,1-3,6H2,(H,17,18);1H/t7-;/m1./s1. The van der Waals surface area contributed by atoms with Crippen LogP contribution in [0.1, 0.15) is 12.8 Å². The monoisotopic (exact) mass is 294 g/mol. The Hall–Kier alpha value is -1.27. The third-order valence-electron chi connectivity index (χ3n) is 2.92. The zero-order valence-corrected chi connectivity index (χ0v) is 10.8. The van der Waals surface area contributed by atoms with Crippen molar-refractivity contribution in [3.8, 4) is 0 Å². The van der Waals surface area contributed by atoms with Crippen molar-refractivity contribution in [3.63, 3.8) is 0 Å². The fourth-order valence-corrected chi connectivity index (χ4v) is 1.95. The van der Waals surface area contributed by atoms with Crippen LogP contribution in [-0.2, 0) is 4.79 Å². The van der Waals surface area contributed by atoms with Crippen LogP contribution in [0, 0.1) is 23.4 Å². The van der Waals surface area contributed by atoms with Gasteiger partial charge < -0.3 is 10.6 Å². The van der Waals surface area contributed by atoms with Crippen LogP contribution in [0.2, 0.25) is 0 Å². The number of hydrogen-bond acceptors (Lipinski definition) is 2. The lowest BCUT2D eigenvalue weighted by Crippen LogP contribution is -2.37. The molecule has 0 aliphatic carbocycles. The summed E-state index contributed by atoms with van der Waals surface area (Å²) in [6.45, 7) is 1.40. The highest BCUT2D eigenvalue weighted by molar-refractivity contribution is 5.92. The zero-order valence-electron chi connectivity index (χ0n) is 10.0. The van der Waals surface area contributed by atoms with E-state index in [1.807, 2.05) is 0 Å². The summed E-state index contributed by atoms with van der Waals surface area (Å²) in [4.78, 5) is 11.8. The van der Waals surface area contributed by atoms with Gasteiger partial charge in [0.2, 0.25) is 5.91 Å². The highest BCUT2D eigenvalue weighted by Crippen LogP contribution is 2.19. The molecule has 0 unspecified atom stereocenters. The molecule has 0 spiro atoms. The SMILES string of the molecule is Cl.O=C(Nc1cc(F)c(F)c(F)c1)[C@@H]1CCCNC1. The van der Waals surface area contributed by atoms with E-state index >= 15 is 0 Å². The van der Waals surface area contributed by atoms with Gasteiger partial charge in [0.1, 0.15) is 0 Å². The molecule has 1 saturated heterocycles. The number of rotatable bonds is 2. The van der Waals surface area contributed by atoms with E-state index in [-0.39, 0.29) is 29.9 Å². The number of carbonyl (C=O) groups is 1. The van der Waals surface area contributed by atoms with Gasteiger partial charge in [0.15, 0.2) is 17.5 Å². The summed E-state index contributed by atoms with van der Waals surface area (Å²) in [5.41, 5.74) is -0.0676. The topological polar surface area (TPSA) is 41.1 Å². The molecule has 2 rings (SSSR count). The maximum atomic E-state index is 13.0. The Kier molecular flexibility index (Phi) is 5.62. The van der Waals surface area contributed by atoms with Gasteiger partial charge >= 0.3 is 0 Å². The first kappa shape index (κ1) is 15.8. The maximum Gasteiger partial charge on any atom is 0.228 e. The summed E-state index contributed by atoms with van der Waals surface area (Å²) >= 11 is 0. The molecule has 0 radical (unpaired) electrons. The highest BCUT2D eigenvalue weighted by Gasteiger charge is 2.21. The minimum Gasteiger partial charge on any atom is -0.326 e. The van der Waals surface area contributed by atoms with Gasteiger partial charge in [-0.25, -0.2) is 13.2 Å². The van der Waals surface area contributed by atoms with Crippen molar-refractivity contribution >= 4 is 24.0 Å². The Bertz CT molecular complexity index is 441. The van der Waals surface area contributed by atoms with Crippen LogP contribution in [0.25, 0.3) is 0 Å². The third kappa shape index (κ3) is 3.84. The first-order valence-corrected chi connectivity index (χ1v) is 5.74. The summed E-state index contributed by atoms with van der Waals surface area (Å²) in [6, 6.07) is 1.54. The van der Waals surface area contributed by atoms with E-state index in [4.69, 9.17) is 0 Å². The van der Waals surface area contributed by atoms with Gasteiger partial charge in [-0.3, -0.25) is 4.79 Å². The third-order valence-corrected chi connectivity index (χ3v) is 2.92. The molecule has 3 nitrogen and oxygen atoms in total. The summed E-state index contributed by atoms with van der Waals surface area (Å²) in [6.07, 6.45) is 1.61. The number of benzene rings is 1. The van der Waals surface area contributed by atoms with E-state index in [2.05, 4.69) is 10.6 Å². The average Bonchev–Trinajstić information content (AvgIpc) is 2.37. The molecule has 7 heteroatoms. The van der Waals surface area contributed by atoms with Gasteiger partial charge in [-0.15, -0.1) is 12.4 Å². The predicted octanol–water partition coefficient (Wildman–Crippen LogP) is 2.46. The summed E-state index contributed by atoms with van der Waals surface area (Å²) in [5.74, 6) is -4.70. The van der Waals surface area contributed by atoms with Gasteiger partial charge in [-0.2, -0.15) is 0 Å². The second-order valence-electron chi connectivity index (χ2n) is 4.29. The molecule has 1 fully saturated rings. The lowest BCUT2D eigenvalue weighted by molar-refractivity contribution is -0.120. The second kappa shape index (κ2) is 6.77. The summed E-state index contributed by atoms with van der Waals surface area (Å²) < 4.78 is 38.6. The summed E-state index contributed by atoms with van der Waals surface area (Å²) in [7, 11) is 0. The van der Waals surface area contributed by atoms with E-state index in [9.17, 15) is 18.0 Å². The number of hydrogen-bond donors (Lipinski definition) is 2. The molecule has 2 N–H and O–H groups in total. The fraction of sp³-hybridized carbons (Fsp3) is 0.417. The molecule has 19 heavy (non-hydrogen) atoms. The highest BCUT2D eigenvalue weighted by atomic mass is 35.5. The van der Waals surface area contributed by atoms with Crippen molar-refractivity contribution in [2.24, 2.45) is 5.92 Å². The molecule has 1 aromatic carbocycles. The van der Waals surface area contributed by atoms with E-state index in [0.29, 0.717) is 6.54 Å².